The summed E-state index contributed by atoms with van der Waals surface area (Å²) in [5, 5.41) is 21.8. The summed E-state index contributed by atoms with van der Waals surface area (Å²) in [5.41, 5.74) is 0.184. The van der Waals surface area contributed by atoms with E-state index in [4.69, 9.17) is 4.74 Å². The number of nitro groups is 1. The molecule has 0 saturated heterocycles. The topological polar surface area (TPSA) is 87.8 Å². The van der Waals surface area contributed by atoms with E-state index in [2.05, 4.69) is 4.99 Å². The van der Waals surface area contributed by atoms with E-state index in [0.717, 1.165) is 6.08 Å². The monoisotopic (exact) mass is 250 g/mol. The molecule has 16 heavy (non-hydrogen) atoms. The van der Waals surface area contributed by atoms with Crippen molar-refractivity contribution in [1.82, 2.24) is 0 Å². The summed E-state index contributed by atoms with van der Waals surface area (Å²) in [6, 6.07) is 0. The van der Waals surface area contributed by atoms with E-state index in [1.165, 1.54) is 0 Å². The number of rotatable bonds is 4. The number of hydrogen-bond donors (Lipinski definition) is 0. The quantitative estimate of drug-likeness (QED) is 0.240. The molecule has 0 atom stereocenters. The summed E-state index contributed by atoms with van der Waals surface area (Å²) in [4.78, 5) is 13.9. The smallest absolute Gasteiger partial charge is 0.612 e. The van der Waals surface area contributed by atoms with Gasteiger partial charge in [-0.05, 0) is 13.0 Å². The number of aliphatic imine (C=N–C) groups is 1. The summed E-state index contributed by atoms with van der Waals surface area (Å²) in [5.74, 6) is -0.625. The molecule has 7 heteroatoms. The molecule has 0 saturated carbocycles. The minimum Gasteiger partial charge on any atom is -0.612 e. The maximum Gasteiger partial charge on any atom is 1.00 e. The van der Waals surface area contributed by atoms with Crippen molar-refractivity contribution in [3.05, 3.63) is 33.5 Å². The number of allylic oxidation sites excluding steroid dienone is 2. The van der Waals surface area contributed by atoms with Crippen molar-refractivity contribution in [2.75, 3.05) is 6.61 Å². The van der Waals surface area contributed by atoms with Gasteiger partial charge >= 0.3 is 51.4 Å². The van der Waals surface area contributed by atoms with Crippen molar-refractivity contribution >= 4 is 5.71 Å². The first-order chi connectivity index (χ1) is 7.10. The minimum atomic E-state index is -0.625. The molecule has 1 heterocycles. The van der Waals surface area contributed by atoms with Crippen molar-refractivity contribution < 1.29 is 66.2 Å². The molecule has 0 amide bonds. The van der Waals surface area contributed by atoms with Gasteiger partial charge in [0.2, 0.25) is 0 Å². The molecule has 82 valence electrons. The van der Waals surface area contributed by atoms with Gasteiger partial charge < -0.3 is 9.84 Å². The fourth-order valence-corrected chi connectivity index (χ4v) is 1.18. The summed E-state index contributed by atoms with van der Waals surface area (Å²) in [7, 11) is 0. The third-order valence-corrected chi connectivity index (χ3v) is 1.84. The van der Waals surface area contributed by atoms with E-state index in [1.807, 2.05) is 0 Å². The second-order valence-corrected chi connectivity index (χ2v) is 2.80. The zero-order valence-corrected chi connectivity index (χ0v) is 12.6. The van der Waals surface area contributed by atoms with Gasteiger partial charge in [-0.15, -0.1) is 0 Å². The molecule has 0 bridgehead atoms. The van der Waals surface area contributed by atoms with Crippen LogP contribution < -0.4 is 56.5 Å². The summed E-state index contributed by atoms with van der Waals surface area (Å²) in [6.07, 6.45) is 1.56. The Morgan fingerprint density at radius 2 is 2.19 bits per heavy atom. The molecule has 0 unspecified atom stereocenters. The van der Waals surface area contributed by atoms with Crippen LogP contribution in [0.5, 0.6) is 0 Å². The molecular formula is C9H11KN2O4. The van der Waals surface area contributed by atoms with Crippen LogP contribution >= 0.6 is 0 Å². The molecule has 1 rings (SSSR count). The molecule has 1 aliphatic heterocycles. The van der Waals surface area contributed by atoms with Gasteiger partial charge in [0.1, 0.15) is 5.71 Å². The Hall–Kier alpha value is -0.214. The average molecular weight is 250 g/mol. The summed E-state index contributed by atoms with van der Waals surface area (Å²) in [6.45, 7) is 3.63. The van der Waals surface area contributed by atoms with E-state index in [0.29, 0.717) is 12.1 Å². The van der Waals surface area contributed by atoms with E-state index < -0.39 is 10.9 Å². The predicted molar refractivity (Wildman–Crippen MR) is 51.5 cm³/mol. The van der Waals surface area contributed by atoms with Gasteiger partial charge in [0.15, 0.2) is 0 Å². The molecule has 0 aromatic carbocycles. The average Bonchev–Trinajstić information content (AvgIpc) is 2.61. The Labute approximate surface area is 136 Å². The van der Waals surface area contributed by atoms with E-state index in [-0.39, 0.29) is 69.4 Å². The molecule has 0 aromatic heterocycles. The molecule has 0 spiro atoms. The Bertz CT molecular complexity index is 374. The molecule has 1 aliphatic rings. The molecule has 0 fully saturated rings. The third-order valence-electron chi connectivity index (χ3n) is 1.84. The van der Waals surface area contributed by atoms with Crippen LogP contribution in [0, 0.1) is 10.1 Å². The van der Waals surface area contributed by atoms with Crippen LogP contribution in [0.4, 0.5) is 0 Å². The van der Waals surface area contributed by atoms with Gasteiger partial charge in [0, 0.05) is 6.08 Å². The van der Waals surface area contributed by atoms with Crippen LogP contribution in [-0.4, -0.2) is 17.2 Å². The van der Waals surface area contributed by atoms with Gasteiger partial charge in [-0.25, -0.2) is 4.99 Å². The van der Waals surface area contributed by atoms with Crippen LogP contribution in [-0.2, 0) is 4.74 Å². The van der Waals surface area contributed by atoms with Gasteiger partial charge in [0.05, 0.1) is 16.6 Å². The normalized spacial score (nSPS) is 17.1. The SMILES string of the molecule is CCO/C([O-])=C1\C=C([N+](=O)[O-])C(CC)=N1.[K+]. The van der Waals surface area contributed by atoms with Gasteiger partial charge in [-0.2, -0.15) is 0 Å². The minimum absolute atomic E-state index is 0. The summed E-state index contributed by atoms with van der Waals surface area (Å²) < 4.78 is 4.70. The summed E-state index contributed by atoms with van der Waals surface area (Å²) >= 11 is 0. The van der Waals surface area contributed by atoms with E-state index >= 15 is 0 Å². The van der Waals surface area contributed by atoms with Crippen molar-refractivity contribution in [2.24, 2.45) is 4.99 Å². The molecule has 0 radical (unpaired) electrons. The van der Waals surface area contributed by atoms with Crippen molar-refractivity contribution in [1.29, 1.82) is 0 Å². The van der Waals surface area contributed by atoms with E-state index in [1.54, 1.807) is 13.8 Å². The fourth-order valence-electron chi connectivity index (χ4n) is 1.18. The molecular weight excluding hydrogens is 239 g/mol. The van der Waals surface area contributed by atoms with Gasteiger partial charge in [0.25, 0.3) is 5.70 Å². The first-order valence-corrected chi connectivity index (χ1v) is 4.58. The first-order valence-electron chi connectivity index (χ1n) is 4.58. The zero-order chi connectivity index (χ0) is 11.4. The third kappa shape index (κ3) is 3.67. The molecule has 0 aromatic rings. The van der Waals surface area contributed by atoms with Crippen LogP contribution in [0.1, 0.15) is 20.3 Å². The van der Waals surface area contributed by atoms with Crippen LogP contribution in [0.25, 0.3) is 0 Å². The van der Waals surface area contributed by atoms with Gasteiger partial charge in [-0.1, -0.05) is 13.8 Å². The Kier molecular flexibility index (Phi) is 7.08. The predicted octanol–water partition coefficient (Wildman–Crippen LogP) is -2.42. The fraction of sp³-hybridized carbons (Fsp3) is 0.444. The maximum atomic E-state index is 11.2. The first kappa shape index (κ1) is 15.8. The Balaban J connectivity index is 0.00000225. The maximum absolute atomic E-state index is 11.2. The number of ether oxygens (including phenoxy) is 1. The zero-order valence-electron chi connectivity index (χ0n) is 9.52. The van der Waals surface area contributed by atoms with Crippen molar-refractivity contribution in [3.8, 4) is 0 Å². The van der Waals surface area contributed by atoms with Crippen molar-refractivity contribution in [2.45, 2.75) is 20.3 Å². The molecule has 0 aliphatic carbocycles. The van der Waals surface area contributed by atoms with E-state index in [9.17, 15) is 15.2 Å². The molecule has 6 nitrogen and oxygen atoms in total. The van der Waals surface area contributed by atoms with Crippen LogP contribution in [0.2, 0.25) is 0 Å². The standard InChI is InChI=1S/C9H12N2O4.K/c1-3-6-8(11(13)14)5-7(10-6)9(12)15-4-2;/h5,12H,3-4H2,1-2H3;/q;+1/p-1/b9-7+;. The number of nitrogens with zero attached hydrogens (tertiary/aromatic N) is 2. The van der Waals surface area contributed by atoms with Crippen LogP contribution in [0.15, 0.2) is 28.4 Å². The largest absolute Gasteiger partial charge is 1.00 e. The second-order valence-electron chi connectivity index (χ2n) is 2.80. The Morgan fingerprint density at radius 3 is 2.56 bits per heavy atom. The Morgan fingerprint density at radius 1 is 1.56 bits per heavy atom. The van der Waals surface area contributed by atoms with Gasteiger partial charge in [-0.3, -0.25) is 10.1 Å². The van der Waals surface area contributed by atoms with Crippen molar-refractivity contribution in [3.63, 3.8) is 0 Å². The number of hydrogen-bond acceptors (Lipinski definition) is 5. The second kappa shape index (κ2) is 7.18. The van der Waals surface area contributed by atoms with Crippen LogP contribution in [0.3, 0.4) is 0 Å². The molecule has 0 N–H and O–H groups in total.